The molecule has 0 unspecified atom stereocenters. The van der Waals surface area contributed by atoms with Crippen molar-refractivity contribution in [1.82, 2.24) is 5.32 Å². The summed E-state index contributed by atoms with van der Waals surface area (Å²) in [5.41, 5.74) is 2.45. The molecule has 84 valence electrons. The number of hydrogen-bond acceptors (Lipinski definition) is 2. The van der Waals surface area contributed by atoms with Crippen LogP contribution in [0.25, 0.3) is 0 Å². The molecule has 0 aliphatic heterocycles. The maximum Gasteiger partial charge on any atom is 0.176 e. The Labute approximate surface area is 102 Å². The van der Waals surface area contributed by atoms with Crippen LogP contribution in [-0.2, 0) is 0 Å². The van der Waals surface area contributed by atoms with Crippen molar-refractivity contribution in [1.29, 1.82) is 5.26 Å². The van der Waals surface area contributed by atoms with Crippen molar-refractivity contribution in [3.05, 3.63) is 71.8 Å². The lowest BCUT2D eigenvalue weighted by Gasteiger charge is -2.16. The van der Waals surface area contributed by atoms with E-state index in [1.54, 1.807) is 0 Å². The van der Waals surface area contributed by atoms with E-state index in [1.165, 1.54) is 11.1 Å². The van der Waals surface area contributed by atoms with Gasteiger partial charge in [-0.15, -0.1) is 0 Å². The van der Waals surface area contributed by atoms with Gasteiger partial charge in [-0.3, -0.25) is 0 Å². The summed E-state index contributed by atoms with van der Waals surface area (Å²) in [5, 5.41) is 11.4. The zero-order valence-electron chi connectivity index (χ0n) is 9.51. The fourth-order valence-electron chi connectivity index (χ4n) is 1.95. The summed E-state index contributed by atoms with van der Waals surface area (Å²) in [6.07, 6.45) is 1.99. The number of nitrogens with one attached hydrogen (secondary N) is 1. The van der Waals surface area contributed by atoms with Crippen LogP contribution >= 0.6 is 0 Å². The topological polar surface area (TPSA) is 35.8 Å². The summed E-state index contributed by atoms with van der Waals surface area (Å²) in [6.45, 7) is 0.629. The molecule has 0 atom stereocenters. The highest BCUT2D eigenvalue weighted by molar-refractivity contribution is 5.32. The fraction of sp³-hybridized carbons (Fsp3) is 0.133. The molecule has 1 N–H and O–H groups in total. The molecule has 0 bridgehead atoms. The van der Waals surface area contributed by atoms with Crippen molar-refractivity contribution in [3.63, 3.8) is 0 Å². The van der Waals surface area contributed by atoms with Gasteiger partial charge >= 0.3 is 0 Å². The van der Waals surface area contributed by atoms with Gasteiger partial charge in [-0.1, -0.05) is 60.7 Å². The van der Waals surface area contributed by atoms with Crippen LogP contribution in [0.5, 0.6) is 0 Å². The molecule has 0 amide bonds. The van der Waals surface area contributed by atoms with Gasteiger partial charge in [-0.05, 0) is 11.1 Å². The molecule has 0 aliphatic rings. The third-order valence-electron chi connectivity index (χ3n) is 2.79. The molecule has 0 spiro atoms. The van der Waals surface area contributed by atoms with Crippen molar-refractivity contribution in [2.45, 2.75) is 5.92 Å². The highest BCUT2D eigenvalue weighted by Crippen LogP contribution is 2.23. The van der Waals surface area contributed by atoms with Crippen LogP contribution in [0, 0.1) is 11.5 Å². The van der Waals surface area contributed by atoms with Crippen molar-refractivity contribution >= 4 is 0 Å². The second-order valence-corrected chi connectivity index (χ2v) is 3.87. The first-order chi connectivity index (χ1) is 8.42. The lowest BCUT2D eigenvalue weighted by atomic mass is 9.91. The molecule has 0 radical (unpaired) electrons. The third-order valence-corrected chi connectivity index (χ3v) is 2.79. The van der Waals surface area contributed by atoms with Crippen LogP contribution in [0.2, 0.25) is 0 Å². The summed E-state index contributed by atoms with van der Waals surface area (Å²) in [5.74, 6) is 0.219. The maximum absolute atomic E-state index is 8.65. The fourth-order valence-corrected chi connectivity index (χ4v) is 1.95. The van der Waals surface area contributed by atoms with Gasteiger partial charge in [0.2, 0.25) is 0 Å². The monoisotopic (exact) mass is 222 g/mol. The Bertz CT molecular complexity index is 446. The number of rotatable bonds is 4. The Morgan fingerprint density at radius 3 is 1.76 bits per heavy atom. The first-order valence-electron chi connectivity index (χ1n) is 5.63. The molecule has 17 heavy (non-hydrogen) atoms. The maximum atomic E-state index is 8.65. The molecule has 0 heterocycles. The second-order valence-electron chi connectivity index (χ2n) is 3.87. The summed E-state index contributed by atoms with van der Waals surface area (Å²) < 4.78 is 0. The first-order valence-corrected chi connectivity index (χ1v) is 5.63. The highest BCUT2D eigenvalue weighted by atomic mass is 14.8. The van der Waals surface area contributed by atoms with Crippen LogP contribution < -0.4 is 5.32 Å². The van der Waals surface area contributed by atoms with Gasteiger partial charge in [0.15, 0.2) is 6.19 Å². The number of benzene rings is 2. The van der Waals surface area contributed by atoms with E-state index < -0.39 is 0 Å². The van der Waals surface area contributed by atoms with Crippen molar-refractivity contribution in [3.8, 4) is 6.19 Å². The zero-order chi connectivity index (χ0) is 11.9. The molecule has 2 aromatic carbocycles. The Morgan fingerprint density at radius 2 is 1.35 bits per heavy atom. The Hall–Kier alpha value is -2.27. The van der Waals surface area contributed by atoms with E-state index in [4.69, 9.17) is 5.26 Å². The van der Waals surface area contributed by atoms with E-state index >= 15 is 0 Å². The minimum Gasteiger partial charge on any atom is -0.323 e. The molecule has 0 saturated heterocycles. The SMILES string of the molecule is N#CNCC(c1ccccc1)c1ccccc1. The predicted octanol–water partition coefficient (Wildman–Crippen LogP) is 2.89. The van der Waals surface area contributed by atoms with E-state index in [0.717, 1.165) is 0 Å². The second kappa shape index (κ2) is 5.72. The standard InChI is InChI=1S/C15H14N2/c16-12-17-11-15(13-7-3-1-4-8-13)14-9-5-2-6-10-14/h1-10,15,17H,11H2. The molecule has 2 rings (SSSR count). The van der Waals surface area contributed by atoms with Gasteiger partial charge in [0.25, 0.3) is 0 Å². The third kappa shape index (κ3) is 2.85. The zero-order valence-corrected chi connectivity index (χ0v) is 9.51. The molecular weight excluding hydrogens is 208 g/mol. The summed E-state index contributed by atoms with van der Waals surface area (Å²) >= 11 is 0. The molecule has 0 saturated carbocycles. The number of hydrogen-bond donors (Lipinski definition) is 1. The summed E-state index contributed by atoms with van der Waals surface area (Å²) in [4.78, 5) is 0. The Morgan fingerprint density at radius 1 is 0.882 bits per heavy atom. The molecule has 0 fully saturated rings. The van der Waals surface area contributed by atoms with E-state index in [-0.39, 0.29) is 5.92 Å². The Kier molecular flexibility index (Phi) is 3.77. The Balaban J connectivity index is 2.30. The normalized spacial score (nSPS) is 9.88. The van der Waals surface area contributed by atoms with Gasteiger partial charge in [0.1, 0.15) is 0 Å². The largest absolute Gasteiger partial charge is 0.323 e. The van der Waals surface area contributed by atoms with Gasteiger partial charge < -0.3 is 5.32 Å². The number of nitriles is 1. The number of nitrogens with zero attached hydrogens (tertiary/aromatic N) is 1. The summed E-state index contributed by atoms with van der Waals surface area (Å²) in [7, 11) is 0. The molecule has 0 aliphatic carbocycles. The van der Waals surface area contributed by atoms with Gasteiger partial charge in [0.05, 0.1) is 0 Å². The van der Waals surface area contributed by atoms with E-state index in [9.17, 15) is 0 Å². The quantitative estimate of drug-likeness (QED) is 0.637. The average molecular weight is 222 g/mol. The van der Waals surface area contributed by atoms with Crippen LogP contribution in [0.3, 0.4) is 0 Å². The van der Waals surface area contributed by atoms with Crippen LogP contribution in [-0.4, -0.2) is 6.54 Å². The molecule has 2 aromatic rings. The van der Waals surface area contributed by atoms with Crippen LogP contribution in [0.4, 0.5) is 0 Å². The van der Waals surface area contributed by atoms with Crippen molar-refractivity contribution in [2.75, 3.05) is 6.54 Å². The molecule has 2 nitrogen and oxygen atoms in total. The summed E-state index contributed by atoms with van der Waals surface area (Å²) in [6, 6.07) is 20.5. The van der Waals surface area contributed by atoms with E-state index in [1.807, 2.05) is 42.6 Å². The highest BCUT2D eigenvalue weighted by Gasteiger charge is 2.12. The molecule has 2 heteroatoms. The lowest BCUT2D eigenvalue weighted by Crippen LogP contribution is -2.17. The van der Waals surface area contributed by atoms with Gasteiger partial charge in [0, 0.05) is 12.5 Å². The average Bonchev–Trinajstić information content (AvgIpc) is 2.42. The van der Waals surface area contributed by atoms with E-state index in [2.05, 4.69) is 29.6 Å². The van der Waals surface area contributed by atoms with Gasteiger partial charge in [-0.25, -0.2) is 0 Å². The smallest absolute Gasteiger partial charge is 0.176 e. The minimum atomic E-state index is 0.219. The van der Waals surface area contributed by atoms with E-state index in [0.29, 0.717) is 6.54 Å². The van der Waals surface area contributed by atoms with Gasteiger partial charge in [-0.2, -0.15) is 5.26 Å². The first kappa shape index (κ1) is 11.2. The molecule has 0 aromatic heterocycles. The molecular formula is C15H14N2. The lowest BCUT2D eigenvalue weighted by molar-refractivity contribution is 0.743. The predicted molar refractivity (Wildman–Crippen MR) is 68.3 cm³/mol. The van der Waals surface area contributed by atoms with Crippen LogP contribution in [0.15, 0.2) is 60.7 Å². The van der Waals surface area contributed by atoms with Crippen LogP contribution in [0.1, 0.15) is 17.0 Å². The minimum absolute atomic E-state index is 0.219. The van der Waals surface area contributed by atoms with Crippen molar-refractivity contribution in [2.24, 2.45) is 0 Å². The van der Waals surface area contributed by atoms with Crippen molar-refractivity contribution < 1.29 is 0 Å².